The topological polar surface area (TPSA) is 36.1 Å². The Morgan fingerprint density at radius 3 is 2.54 bits per heavy atom. The Bertz CT molecular complexity index is 1240. The van der Waals surface area contributed by atoms with E-state index in [-0.39, 0.29) is 17.9 Å². The van der Waals surface area contributed by atoms with Crippen LogP contribution in [0, 0.1) is 0 Å². The first-order valence-electron chi connectivity index (χ1n) is 9.48. The summed E-state index contributed by atoms with van der Waals surface area (Å²) in [5.41, 5.74) is 6.63. The molecule has 3 aromatic carbocycles. The first-order chi connectivity index (χ1) is 13.7. The lowest BCUT2D eigenvalue weighted by atomic mass is 9.83. The summed E-state index contributed by atoms with van der Waals surface area (Å²) >= 11 is 6.13. The number of carbonyl (C=O) groups is 1. The average Bonchev–Trinajstić information content (AvgIpc) is 3.25. The van der Waals surface area contributed by atoms with E-state index < -0.39 is 0 Å². The molecule has 0 fully saturated rings. The molecule has 4 aromatic rings. The molecule has 0 bridgehead atoms. The molecule has 2 aliphatic rings. The van der Waals surface area contributed by atoms with Crippen LogP contribution in [-0.2, 0) is 0 Å². The molecule has 3 nitrogen and oxygen atoms in total. The first kappa shape index (κ1) is 16.0. The molecule has 1 amide bonds. The number of halogens is 1. The van der Waals surface area contributed by atoms with Gasteiger partial charge in [-0.1, -0.05) is 60.1 Å². The van der Waals surface area contributed by atoms with E-state index in [0.29, 0.717) is 6.54 Å². The summed E-state index contributed by atoms with van der Waals surface area (Å²) in [5, 5.41) is 1.95. The number of rotatable bonds is 1. The molecule has 2 atom stereocenters. The highest BCUT2D eigenvalue weighted by Gasteiger charge is 2.45. The van der Waals surface area contributed by atoms with Crippen molar-refractivity contribution in [2.75, 3.05) is 6.54 Å². The maximum Gasteiger partial charge on any atom is 0.255 e. The van der Waals surface area contributed by atoms with E-state index in [1.165, 1.54) is 16.5 Å². The Kier molecular flexibility index (Phi) is 3.27. The number of fused-ring (bicyclic) bond motifs is 7. The number of nitrogens with zero attached hydrogens (tertiary/aromatic N) is 1. The predicted molar refractivity (Wildman–Crippen MR) is 111 cm³/mol. The minimum Gasteiger partial charge on any atom is -0.356 e. The van der Waals surface area contributed by atoms with Crippen LogP contribution in [0.2, 0.25) is 5.02 Å². The fourth-order valence-corrected chi connectivity index (χ4v) is 5.03. The zero-order chi connectivity index (χ0) is 18.8. The minimum absolute atomic E-state index is 0.0466. The molecule has 0 saturated carbocycles. The van der Waals surface area contributed by atoms with E-state index in [1.54, 1.807) is 0 Å². The third kappa shape index (κ3) is 2.08. The lowest BCUT2D eigenvalue weighted by Crippen LogP contribution is -2.37. The molecule has 0 spiro atoms. The van der Waals surface area contributed by atoms with Gasteiger partial charge in [0.15, 0.2) is 0 Å². The van der Waals surface area contributed by atoms with Crippen molar-refractivity contribution in [1.82, 2.24) is 9.88 Å². The monoisotopic (exact) mass is 384 g/mol. The van der Waals surface area contributed by atoms with Gasteiger partial charge in [0.05, 0.1) is 6.04 Å². The number of benzene rings is 3. The first-order valence-corrected chi connectivity index (χ1v) is 9.86. The molecule has 136 valence electrons. The number of hydrogen-bond donors (Lipinski definition) is 1. The summed E-state index contributed by atoms with van der Waals surface area (Å²) in [6, 6.07) is 24.4. The van der Waals surface area contributed by atoms with Crippen molar-refractivity contribution in [2.45, 2.75) is 12.0 Å². The summed E-state index contributed by atoms with van der Waals surface area (Å²) in [4.78, 5) is 18.8. The van der Waals surface area contributed by atoms with E-state index in [9.17, 15) is 4.79 Å². The smallest absolute Gasteiger partial charge is 0.255 e. The Hall–Kier alpha value is -3.04. The summed E-state index contributed by atoms with van der Waals surface area (Å²) in [7, 11) is 0. The molecular weight excluding hydrogens is 368 g/mol. The van der Waals surface area contributed by atoms with Crippen LogP contribution in [-0.4, -0.2) is 22.3 Å². The highest BCUT2D eigenvalue weighted by atomic mass is 35.5. The number of aromatic nitrogens is 1. The van der Waals surface area contributed by atoms with Crippen molar-refractivity contribution in [3.8, 4) is 0 Å². The van der Waals surface area contributed by atoms with Crippen LogP contribution in [0.5, 0.6) is 0 Å². The molecule has 28 heavy (non-hydrogen) atoms. The van der Waals surface area contributed by atoms with Crippen LogP contribution in [0.25, 0.3) is 10.9 Å². The summed E-state index contributed by atoms with van der Waals surface area (Å²) < 4.78 is 0. The van der Waals surface area contributed by atoms with Gasteiger partial charge in [0, 0.05) is 39.6 Å². The van der Waals surface area contributed by atoms with Gasteiger partial charge in [0.1, 0.15) is 0 Å². The van der Waals surface area contributed by atoms with Crippen LogP contribution >= 0.6 is 11.6 Å². The molecule has 0 radical (unpaired) electrons. The van der Waals surface area contributed by atoms with Crippen molar-refractivity contribution < 1.29 is 4.79 Å². The van der Waals surface area contributed by atoms with E-state index >= 15 is 0 Å². The maximum absolute atomic E-state index is 13.2. The van der Waals surface area contributed by atoms with Gasteiger partial charge < -0.3 is 9.88 Å². The van der Waals surface area contributed by atoms with Gasteiger partial charge in [-0.2, -0.15) is 0 Å². The number of nitrogens with one attached hydrogen (secondary N) is 1. The number of amides is 1. The minimum atomic E-state index is -0.0466. The molecule has 0 saturated heterocycles. The van der Waals surface area contributed by atoms with Crippen LogP contribution < -0.4 is 0 Å². The van der Waals surface area contributed by atoms with E-state index in [4.69, 9.17) is 11.6 Å². The molecular formula is C24H17ClN2O. The van der Waals surface area contributed by atoms with Crippen LogP contribution in [0.1, 0.15) is 44.7 Å². The van der Waals surface area contributed by atoms with E-state index in [2.05, 4.69) is 41.4 Å². The van der Waals surface area contributed by atoms with Crippen LogP contribution in [0.4, 0.5) is 0 Å². The zero-order valence-corrected chi connectivity index (χ0v) is 15.8. The van der Waals surface area contributed by atoms with Gasteiger partial charge >= 0.3 is 0 Å². The predicted octanol–water partition coefficient (Wildman–Crippen LogP) is 5.51. The van der Waals surface area contributed by atoms with Gasteiger partial charge in [0.25, 0.3) is 5.91 Å². The van der Waals surface area contributed by atoms with Gasteiger partial charge in [-0.3, -0.25) is 4.79 Å². The molecule has 2 aliphatic heterocycles. The highest BCUT2D eigenvalue weighted by Crippen LogP contribution is 2.49. The zero-order valence-electron chi connectivity index (χ0n) is 15.0. The SMILES string of the molecule is O=C1c2ccccc2[C@@H]2c3[nH]c4ccccc4c3[C@H](c3ccc(Cl)cc3)CN12. The number of carbonyl (C=O) groups excluding carboxylic acids is 1. The summed E-state index contributed by atoms with van der Waals surface area (Å²) in [6.45, 7) is 0.661. The van der Waals surface area contributed by atoms with Crippen LogP contribution in [0.3, 0.4) is 0 Å². The molecule has 3 heterocycles. The standard InChI is InChI=1S/C24H17ClN2O/c25-15-11-9-14(10-12-15)19-13-27-23(16-5-1-2-6-17(16)24(27)28)22-21(19)18-7-3-4-8-20(18)26-22/h1-12,19,23,26H,13H2/t19-,23+/m0/s1. The van der Waals surface area contributed by atoms with E-state index in [0.717, 1.165) is 27.4 Å². The second-order valence-corrected chi connectivity index (χ2v) is 7.99. The largest absolute Gasteiger partial charge is 0.356 e. The van der Waals surface area contributed by atoms with Gasteiger partial charge in [-0.15, -0.1) is 0 Å². The van der Waals surface area contributed by atoms with E-state index in [1.807, 2.05) is 41.3 Å². The number of H-pyrrole nitrogens is 1. The van der Waals surface area contributed by atoms with Crippen LogP contribution in [0.15, 0.2) is 72.8 Å². The summed E-state index contributed by atoms with van der Waals surface area (Å²) in [5.74, 6) is 0.224. The third-order valence-electron chi connectivity index (χ3n) is 6.11. The molecule has 4 heteroatoms. The molecule has 0 unspecified atom stereocenters. The second kappa shape index (κ2) is 5.73. The average molecular weight is 385 g/mol. The molecule has 0 aliphatic carbocycles. The van der Waals surface area contributed by atoms with Crippen molar-refractivity contribution in [3.63, 3.8) is 0 Å². The molecule has 1 aromatic heterocycles. The maximum atomic E-state index is 13.2. The molecule has 6 rings (SSSR count). The van der Waals surface area contributed by atoms with Crippen molar-refractivity contribution in [3.05, 3.63) is 106 Å². The third-order valence-corrected chi connectivity index (χ3v) is 6.36. The lowest BCUT2D eigenvalue weighted by Gasteiger charge is -2.36. The lowest BCUT2D eigenvalue weighted by molar-refractivity contribution is 0.0727. The fraction of sp³-hybridized carbons (Fsp3) is 0.125. The Labute approximate surface area is 167 Å². The number of aromatic amines is 1. The van der Waals surface area contributed by atoms with Gasteiger partial charge in [-0.25, -0.2) is 0 Å². The van der Waals surface area contributed by atoms with Crippen molar-refractivity contribution in [1.29, 1.82) is 0 Å². The Morgan fingerprint density at radius 2 is 1.68 bits per heavy atom. The summed E-state index contributed by atoms with van der Waals surface area (Å²) in [6.07, 6.45) is 0. The fourth-order valence-electron chi connectivity index (χ4n) is 4.90. The van der Waals surface area contributed by atoms with Gasteiger partial charge in [0.2, 0.25) is 0 Å². The van der Waals surface area contributed by atoms with Crippen molar-refractivity contribution >= 4 is 28.4 Å². The van der Waals surface area contributed by atoms with Gasteiger partial charge in [-0.05, 0) is 41.0 Å². The number of hydrogen-bond acceptors (Lipinski definition) is 1. The van der Waals surface area contributed by atoms with Crippen molar-refractivity contribution in [2.24, 2.45) is 0 Å². The number of para-hydroxylation sites is 1. The second-order valence-electron chi connectivity index (χ2n) is 7.55. The Balaban J connectivity index is 1.63. The molecule has 1 N–H and O–H groups in total. The highest BCUT2D eigenvalue weighted by molar-refractivity contribution is 6.30. The normalized spacial score (nSPS) is 20.2. The Morgan fingerprint density at radius 1 is 0.929 bits per heavy atom. The quantitative estimate of drug-likeness (QED) is 0.461.